The van der Waals surface area contributed by atoms with Gasteiger partial charge in [0.15, 0.2) is 17.2 Å². The monoisotopic (exact) mass is 416 g/mol. The van der Waals surface area contributed by atoms with Crippen molar-refractivity contribution >= 4 is 11.6 Å². The molecule has 1 N–H and O–H groups in total. The number of para-hydroxylation sites is 1. The van der Waals surface area contributed by atoms with Crippen LogP contribution >= 0.6 is 0 Å². The summed E-state index contributed by atoms with van der Waals surface area (Å²) in [5, 5.41) is 7.67. The molecule has 1 amide bonds. The maximum Gasteiger partial charge on any atom is 0.434 e. The van der Waals surface area contributed by atoms with Gasteiger partial charge in [-0.05, 0) is 37.3 Å². The molecule has 3 aromatic rings. The summed E-state index contributed by atoms with van der Waals surface area (Å²) in [5.74, 6) is 0.0835. The van der Waals surface area contributed by atoms with Gasteiger partial charge in [0.2, 0.25) is 6.79 Å². The van der Waals surface area contributed by atoms with E-state index < -0.39 is 23.3 Å². The van der Waals surface area contributed by atoms with Crippen molar-refractivity contribution in [3.8, 4) is 17.2 Å². The minimum atomic E-state index is -4.80. The number of alkyl halides is 3. The molecule has 1 aliphatic heterocycles. The minimum absolute atomic E-state index is 0.108. The van der Waals surface area contributed by atoms with Crippen LogP contribution in [0, 0.1) is 0 Å². The van der Waals surface area contributed by atoms with Gasteiger partial charge in [0, 0.05) is 5.56 Å². The molecule has 1 aliphatic rings. The van der Waals surface area contributed by atoms with Crippen LogP contribution in [0.3, 0.4) is 0 Å². The number of nitrogens with zero attached hydrogens (tertiary/aromatic N) is 3. The predicted molar refractivity (Wildman–Crippen MR) is 101 cm³/mol. The first-order chi connectivity index (χ1) is 14.3. The van der Waals surface area contributed by atoms with E-state index in [4.69, 9.17) is 9.47 Å². The summed E-state index contributed by atoms with van der Waals surface area (Å²) >= 11 is 0. The standard InChI is InChI=1S/C20H15F3N4O3/c1-12(13-7-8-16-17(9-13)30-11-29-16)25-26-19(28)15-10-24-27(18(15)20(21,22)23)14-5-3-2-4-6-14/h2-10H,11H2,1H3,(H,26,28). The van der Waals surface area contributed by atoms with Crippen LogP contribution < -0.4 is 14.9 Å². The number of aromatic nitrogens is 2. The highest BCUT2D eigenvalue weighted by Gasteiger charge is 2.40. The number of nitrogens with one attached hydrogen (secondary N) is 1. The fourth-order valence-corrected chi connectivity index (χ4v) is 2.93. The van der Waals surface area contributed by atoms with E-state index in [0.717, 1.165) is 6.20 Å². The summed E-state index contributed by atoms with van der Waals surface area (Å²) in [6.07, 6.45) is -3.92. The van der Waals surface area contributed by atoms with Crippen molar-refractivity contribution in [2.45, 2.75) is 13.1 Å². The molecule has 0 atom stereocenters. The predicted octanol–water partition coefficient (Wildman–Crippen LogP) is 3.77. The zero-order chi connectivity index (χ0) is 21.3. The Balaban J connectivity index is 1.61. The highest BCUT2D eigenvalue weighted by Crippen LogP contribution is 2.34. The average Bonchev–Trinajstić information content (AvgIpc) is 3.38. The van der Waals surface area contributed by atoms with Gasteiger partial charge in [-0.15, -0.1) is 0 Å². The number of amides is 1. The van der Waals surface area contributed by atoms with Gasteiger partial charge >= 0.3 is 6.18 Å². The lowest BCUT2D eigenvalue weighted by molar-refractivity contribution is -0.143. The van der Waals surface area contributed by atoms with Gasteiger partial charge in [-0.3, -0.25) is 4.79 Å². The lowest BCUT2D eigenvalue weighted by Gasteiger charge is -2.12. The number of carbonyl (C=O) groups excluding carboxylic acids is 1. The molecule has 154 valence electrons. The normalized spacial score (nSPS) is 13.4. The maximum absolute atomic E-state index is 13.7. The molecule has 2 aromatic carbocycles. The van der Waals surface area contributed by atoms with Crippen LogP contribution in [-0.4, -0.2) is 28.2 Å². The van der Waals surface area contributed by atoms with Crippen LogP contribution in [0.4, 0.5) is 13.2 Å². The molecule has 2 heterocycles. The van der Waals surface area contributed by atoms with Gasteiger partial charge in [-0.1, -0.05) is 18.2 Å². The molecule has 0 unspecified atom stereocenters. The smallest absolute Gasteiger partial charge is 0.434 e. The topological polar surface area (TPSA) is 77.7 Å². The molecule has 0 fully saturated rings. The van der Waals surface area contributed by atoms with Gasteiger partial charge in [0.1, 0.15) is 0 Å². The van der Waals surface area contributed by atoms with Gasteiger partial charge in [0.25, 0.3) is 5.91 Å². The Morgan fingerprint density at radius 2 is 1.87 bits per heavy atom. The van der Waals surface area contributed by atoms with E-state index >= 15 is 0 Å². The van der Waals surface area contributed by atoms with Gasteiger partial charge < -0.3 is 9.47 Å². The number of hydrazone groups is 1. The second kappa shape index (κ2) is 7.54. The Morgan fingerprint density at radius 1 is 1.13 bits per heavy atom. The zero-order valence-corrected chi connectivity index (χ0v) is 15.6. The molecule has 0 bridgehead atoms. The van der Waals surface area contributed by atoms with Crippen molar-refractivity contribution in [1.82, 2.24) is 15.2 Å². The van der Waals surface area contributed by atoms with Crippen molar-refractivity contribution in [1.29, 1.82) is 0 Å². The van der Waals surface area contributed by atoms with E-state index in [1.54, 1.807) is 43.3 Å². The number of ether oxygens (including phenoxy) is 2. The summed E-state index contributed by atoms with van der Waals surface area (Å²) in [5.41, 5.74) is 1.54. The summed E-state index contributed by atoms with van der Waals surface area (Å²) in [4.78, 5) is 12.5. The number of fused-ring (bicyclic) bond motifs is 1. The Labute approximate surface area is 168 Å². The quantitative estimate of drug-likeness (QED) is 0.519. The lowest BCUT2D eigenvalue weighted by Crippen LogP contribution is -2.24. The molecule has 4 rings (SSSR count). The summed E-state index contributed by atoms with van der Waals surface area (Å²) in [7, 11) is 0. The van der Waals surface area contributed by atoms with E-state index in [1.807, 2.05) is 0 Å². The summed E-state index contributed by atoms with van der Waals surface area (Å²) in [6, 6.07) is 12.8. The van der Waals surface area contributed by atoms with Crippen LogP contribution in [-0.2, 0) is 6.18 Å². The molecule has 30 heavy (non-hydrogen) atoms. The second-order valence-electron chi connectivity index (χ2n) is 6.36. The van der Waals surface area contributed by atoms with Crippen LogP contribution in [0.2, 0.25) is 0 Å². The number of benzene rings is 2. The van der Waals surface area contributed by atoms with E-state index in [-0.39, 0.29) is 12.5 Å². The molecule has 0 aliphatic carbocycles. The van der Waals surface area contributed by atoms with Crippen molar-refractivity contribution < 1.29 is 27.4 Å². The Morgan fingerprint density at radius 3 is 2.60 bits per heavy atom. The third-order valence-corrected chi connectivity index (χ3v) is 4.40. The first-order valence-electron chi connectivity index (χ1n) is 8.80. The summed E-state index contributed by atoms with van der Waals surface area (Å²) < 4.78 is 52.2. The van der Waals surface area contributed by atoms with Crippen molar-refractivity contribution in [2.75, 3.05) is 6.79 Å². The Bertz CT molecular complexity index is 1120. The van der Waals surface area contributed by atoms with Crippen LogP contribution in [0.15, 0.2) is 59.8 Å². The lowest BCUT2D eigenvalue weighted by atomic mass is 10.1. The molecule has 0 saturated heterocycles. The highest BCUT2D eigenvalue weighted by atomic mass is 19.4. The zero-order valence-electron chi connectivity index (χ0n) is 15.6. The molecule has 10 heteroatoms. The van der Waals surface area contributed by atoms with E-state index in [9.17, 15) is 18.0 Å². The fraction of sp³-hybridized carbons (Fsp3) is 0.150. The molecule has 0 saturated carbocycles. The van der Waals surface area contributed by atoms with Crippen molar-refractivity contribution in [3.05, 3.63) is 71.5 Å². The number of hydrogen-bond acceptors (Lipinski definition) is 5. The molecule has 7 nitrogen and oxygen atoms in total. The highest BCUT2D eigenvalue weighted by molar-refractivity contribution is 6.01. The van der Waals surface area contributed by atoms with E-state index in [0.29, 0.717) is 27.5 Å². The number of carbonyl (C=O) groups is 1. The SMILES string of the molecule is CC(=NNC(=O)c1cnn(-c2ccccc2)c1C(F)(F)F)c1ccc2c(c1)OCO2. The first kappa shape index (κ1) is 19.5. The van der Waals surface area contributed by atoms with Crippen LogP contribution in [0.5, 0.6) is 11.5 Å². The first-order valence-corrected chi connectivity index (χ1v) is 8.80. The molecule has 0 radical (unpaired) electrons. The average molecular weight is 416 g/mol. The van der Waals surface area contributed by atoms with E-state index in [1.165, 1.54) is 12.1 Å². The largest absolute Gasteiger partial charge is 0.454 e. The summed E-state index contributed by atoms with van der Waals surface area (Å²) in [6.45, 7) is 1.72. The number of rotatable bonds is 4. The maximum atomic E-state index is 13.7. The molecule has 0 spiro atoms. The second-order valence-corrected chi connectivity index (χ2v) is 6.36. The van der Waals surface area contributed by atoms with Gasteiger partial charge in [-0.2, -0.15) is 23.4 Å². The number of hydrogen-bond donors (Lipinski definition) is 1. The third kappa shape index (κ3) is 3.71. The fourth-order valence-electron chi connectivity index (χ4n) is 2.93. The van der Waals surface area contributed by atoms with Crippen LogP contribution in [0.1, 0.15) is 28.5 Å². The molecular formula is C20H15F3N4O3. The third-order valence-electron chi connectivity index (χ3n) is 4.40. The Hall–Kier alpha value is -3.82. The van der Waals surface area contributed by atoms with Gasteiger partial charge in [-0.25, -0.2) is 10.1 Å². The Kier molecular flexibility index (Phi) is 4.90. The van der Waals surface area contributed by atoms with Crippen molar-refractivity contribution in [2.24, 2.45) is 5.10 Å². The van der Waals surface area contributed by atoms with Crippen molar-refractivity contribution in [3.63, 3.8) is 0 Å². The van der Waals surface area contributed by atoms with Gasteiger partial charge in [0.05, 0.1) is 23.2 Å². The van der Waals surface area contributed by atoms with E-state index in [2.05, 4.69) is 15.6 Å². The minimum Gasteiger partial charge on any atom is -0.454 e. The molecular weight excluding hydrogens is 401 g/mol. The van der Waals surface area contributed by atoms with Crippen LogP contribution in [0.25, 0.3) is 5.69 Å². The molecule has 1 aromatic heterocycles. The number of halogens is 3.